The maximum Gasteiger partial charge on any atom is 0.340 e. The monoisotopic (exact) mass is 384 g/mol. The van der Waals surface area contributed by atoms with Gasteiger partial charge >= 0.3 is 5.97 Å². The Morgan fingerprint density at radius 3 is 2.86 bits per heavy atom. The number of aryl methyl sites for hydroxylation is 1. The number of benzene rings is 1. The van der Waals surface area contributed by atoms with Gasteiger partial charge in [-0.15, -0.1) is 0 Å². The number of esters is 1. The van der Waals surface area contributed by atoms with Crippen molar-refractivity contribution in [2.75, 3.05) is 25.1 Å². The molecule has 1 unspecified atom stereocenters. The zero-order valence-corrected chi connectivity index (χ0v) is 16.0. The van der Waals surface area contributed by atoms with Gasteiger partial charge in [-0.1, -0.05) is 12.1 Å². The summed E-state index contributed by atoms with van der Waals surface area (Å²) in [6.07, 6.45) is 2.02. The summed E-state index contributed by atoms with van der Waals surface area (Å²) in [6.45, 7) is 5.00. The molecular weight excluding hydrogens is 360 g/mol. The fraction of sp³-hybridized carbons (Fsp3) is 0.400. The predicted molar refractivity (Wildman–Crippen MR) is 104 cm³/mol. The van der Waals surface area contributed by atoms with E-state index in [-0.39, 0.29) is 30.3 Å². The van der Waals surface area contributed by atoms with E-state index in [4.69, 9.17) is 9.47 Å². The van der Waals surface area contributed by atoms with E-state index in [0.717, 1.165) is 19.4 Å². The van der Waals surface area contributed by atoms with Crippen LogP contribution in [0, 0.1) is 6.92 Å². The number of anilines is 2. The number of hydrogen-bond acceptors (Lipinski definition) is 7. The molecule has 0 saturated carbocycles. The van der Waals surface area contributed by atoms with Crippen molar-refractivity contribution in [2.45, 2.75) is 32.8 Å². The molecule has 2 heterocycles. The normalized spacial score (nSPS) is 15.9. The number of ether oxygens (including phenoxy) is 2. The van der Waals surface area contributed by atoms with Gasteiger partial charge in [-0.05, 0) is 44.9 Å². The molecule has 28 heavy (non-hydrogen) atoms. The topological polar surface area (TPSA) is 102 Å². The van der Waals surface area contributed by atoms with Gasteiger partial charge in [0.05, 0.1) is 24.0 Å². The minimum absolute atomic E-state index is 0.0564. The van der Waals surface area contributed by atoms with Gasteiger partial charge in [0, 0.05) is 18.8 Å². The Bertz CT molecular complexity index is 850. The predicted octanol–water partition coefficient (Wildman–Crippen LogP) is 2.61. The molecule has 8 nitrogen and oxygen atoms in total. The first-order valence-corrected chi connectivity index (χ1v) is 9.35. The van der Waals surface area contributed by atoms with Crippen LogP contribution in [0.15, 0.2) is 30.3 Å². The summed E-state index contributed by atoms with van der Waals surface area (Å²) in [5, 5.41) is 5.87. The Morgan fingerprint density at radius 2 is 2.11 bits per heavy atom. The lowest BCUT2D eigenvalue weighted by Crippen LogP contribution is -2.32. The molecule has 8 heteroatoms. The average molecular weight is 384 g/mol. The molecule has 1 aliphatic rings. The van der Waals surface area contributed by atoms with Crippen molar-refractivity contribution in [1.29, 1.82) is 0 Å². The number of carbonyl (C=O) groups excluding carboxylic acids is 2. The van der Waals surface area contributed by atoms with Gasteiger partial charge in [0.25, 0.3) is 5.91 Å². The molecule has 0 bridgehead atoms. The van der Waals surface area contributed by atoms with Crippen molar-refractivity contribution in [3.05, 3.63) is 47.3 Å². The summed E-state index contributed by atoms with van der Waals surface area (Å²) in [4.78, 5) is 33.2. The van der Waals surface area contributed by atoms with Gasteiger partial charge in [0.1, 0.15) is 5.69 Å². The summed E-state index contributed by atoms with van der Waals surface area (Å²) in [5.74, 6) is -0.491. The van der Waals surface area contributed by atoms with E-state index < -0.39 is 5.97 Å². The van der Waals surface area contributed by atoms with Crippen LogP contribution in [0.3, 0.4) is 0 Å². The molecule has 1 atom stereocenters. The molecule has 0 radical (unpaired) electrons. The Hall–Kier alpha value is -3.00. The number of nitrogens with zero attached hydrogens (tertiary/aromatic N) is 2. The molecule has 0 aliphatic carbocycles. The Balaban J connectivity index is 1.75. The summed E-state index contributed by atoms with van der Waals surface area (Å²) in [5.41, 5.74) is 1.77. The standard InChI is InChI=1S/C20H24N4O4/c1-3-27-19(26)15-8-4-5-9-16(15)23-20-22-13(2)11-17(24-20)18(25)21-12-14-7-6-10-28-14/h4-5,8-9,11,14H,3,6-7,10,12H2,1-2H3,(H,21,25)(H,22,23,24). The first kappa shape index (κ1) is 19.8. The van der Waals surface area contributed by atoms with Gasteiger partial charge < -0.3 is 20.1 Å². The van der Waals surface area contributed by atoms with Crippen molar-refractivity contribution in [2.24, 2.45) is 0 Å². The van der Waals surface area contributed by atoms with Gasteiger partial charge in [-0.2, -0.15) is 0 Å². The third-order valence-corrected chi connectivity index (χ3v) is 4.27. The highest BCUT2D eigenvalue weighted by Gasteiger charge is 2.18. The highest BCUT2D eigenvalue weighted by Crippen LogP contribution is 2.20. The average Bonchev–Trinajstić information content (AvgIpc) is 3.20. The second-order valence-electron chi connectivity index (χ2n) is 6.45. The van der Waals surface area contributed by atoms with E-state index in [0.29, 0.717) is 23.5 Å². The van der Waals surface area contributed by atoms with Crippen molar-refractivity contribution in [1.82, 2.24) is 15.3 Å². The Kier molecular flexibility index (Phi) is 6.54. The number of para-hydroxylation sites is 1. The van der Waals surface area contributed by atoms with Crippen molar-refractivity contribution < 1.29 is 19.1 Å². The first-order chi connectivity index (χ1) is 13.6. The largest absolute Gasteiger partial charge is 0.462 e. The van der Waals surface area contributed by atoms with E-state index in [1.807, 2.05) is 0 Å². The fourth-order valence-corrected chi connectivity index (χ4v) is 2.94. The zero-order valence-electron chi connectivity index (χ0n) is 16.0. The van der Waals surface area contributed by atoms with Gasteiger partial charge in [-0.3, -0.25) is 4.79 Å². The van der Waals surface area contributed by atoms with E-state index in [2.05, 4.69) is 20.6 Å². The van der Waals surface area contributed by atoms with Crippen LogP contribution in [0.2, 0.25) is 0 Å². The first-order valence-electron chi connectivity index (χ1n) is 9.35. The highest BCUT2D eigenvalue weighted by molar-refractivity contribution is 5.96. The van der Waals surface area contributed by atoms with E-state index in [1.165, 1.54) is 0 Å². The Morgan fingerprint density at radius 1 is 1.29 bits per heavy atom. The number of amides is 1. The molecule has 1 aromatic heterocycles. The van der Waals surface area contributed by atoms with E-state index in [1.54, 1.807) is 44.2 Å². The molecule has 2 aromatic rings. The molecule has 1 amide bonds. The highest BCUT2D eigenvalue weighted by atomic mass is 16.5. The summed E-state index contributed by atoms with van der Waals surface area (Å²) in [6, 6.07) is 8.54. The summed E-state index contributed by atoms with van der Waals surface area (Å²) >= 11 is 0. The maximum absolute atomic E-state index is 12.5. The fourth-order valence-electron chi connectivity index (χ4n) is 2.94. The molecule has 1 aromatic carbocycles. The molecule has 1 saturated heterocycles. The van der Waals surface area contributed by atoms with Crippen LogP contribution >= 0.6 is 0 Å². The number of hydrogen-bond donors (Lipinski definition) is 2. The lowest BCUT2D eigenvalue weighted by molar-refractivity contribution is 0.0527. The van der Waals surface area contributed by atoms with Crippen molar-refractivity contribution in [3.63, 3.8) is 0 Å². The van der Waals surface area contributed by atoms with E-state index in [9.17, 15) is 9.59 Å². The van der Waals surface area contributed by atoms with Crippen LogP contribution in [-0.2, 0) is 9.47 Å². The molecule has 2 N–H and O–H groups in total. The Labute approximate surface area is 163 Å². The number of nitrogens with one attached hydrogen (secondary N) is 2. The lowest BCUT2D eigenvalue weighted by atomic mass is 10.2. The van der Waals surface area contributed by atoms with Crippen LogP contribution in [0.25, 0.3) is 0 Å². The third kappa shape index (κ3) is 5.04. The maximum atomic E-state index is 12.5. The molecule has 1 fully saturated rings. The number of carbonyl (C=O) groups is 2. The zero-order chi connectivity index (χ0) is 19.9. The van der Waals surface area contributed by atoms with Crippen LogP contribution in [0.5, 0.6) is 0 Å². The molecule has 148 valence electrons. The third-order valence-electron chi connectivity index (χ3n) is 4.27. The van der Waals surface area contributed by atoms with Crippen LogP contribution in [0.4, 0.5) is 11.6 Å². The molecule has 0 spiro atoms. The van der Waals surface area contributed by atoms with Gasteiger partial charge in [0.15, 0.2) is 0 Å². The molecular formula is C20H24N4O4. The molecule has 3 rings (SSSR count). The van der Waals surface area contributed by atoms with E-state index >= 15 is 0 Å². The van der Waals surface area contributed by atoms with Crippen LogP contribution in [0.1, 0.15) is 46.3 Å². The summed E-state index contributed by atoms with van der Waals surface area (Å²) in [7, 11) is 0. The minimum Gasteiger partial charge on any atom is -0.462 e. The lowest BCUT2D eigenvalue weighted by Gasteiger charge is -2.13. The quantitative estimate of drug-likeness (QED) is 0.707. The number of aromatic nitrogens is 2. The smallest absolute Gasteiger partial charge is 0.340 e. The SMILES string of the molecule is CCOC(=O)c1ccccc1Nc1nc(C)cc(C(=O)NCC2CCCO2)n1. The molecule has 1 aliphatic heterocycles. The van der Waals surface area contributed by atoms with Crippen LogP contribution < -0.4 is 10.6 Å². The van der Waals surface area contributed by atoms with Crippen molar-refractivity contribution >= 4 is 23.5 Å². The van der Waals surface area contributed by atoms with Gasteiger partial charge in [-0.25, -0.2) is 14.8 Å². The van der Waals surface area contributed by atoms with Crippen LogP contribution in [-0.4, -0.2) is 47.7 Å². The summed E-state index contributed by atoms with van der Waals surface area (Å²) < 4.78 is 10.6. The second-order valence-corrected chi connectivity index (χ2v) is 6.45. The minimum atomic E-state index is -0.437. The number of rotatable bonds is 7. The van der Waals surface area contributed by atoms with Gasteiger partial charge in [0.2, 0.25) is 5.95 Å². The second kappa shape index (κ2) is 9.27. The van der Waals surface area contributed by atoms with Crippen molar-refractivity contribution in [3.8, 4) is 0 Å².